The van der Waals surface area contributed by atoms with Gasteiger partial charge >= 0.3 is 6.03 Å². The number of carbonyl (C=O) groups excluding carboxylic acids is 2. The van der Waals surface area contributed by atoms with Gasteiger partial charge in [0.05, 0.1) is 0 Å². The van der Waals surface area contributed by atoms with Crippen LogP contribution in [0.5, 0.6) is 0 Å². The van der Waals surface area contributed by atoms with Gasteiger partial charge in [-0.2, -0.15) is 0 Å². The van der Waals surface area contributed by atoms with Gasteiger partial charge in [-0.1, -0.05) is 45.0 Å². The fraction of sp³-hybridized carbons (Fsp3) is 0.429. The Morgan fingerprint density at radius 2 is 1.74 bits per heavy atom. The number of hydrogen-bond acceptors (Lipinski definition) is 2. The highest BCUT2D eigenvalue weighted by molar-refractivity contribution is 6.28. The van der Waals surface area contributed by atoms with Gasteiger partial charge in [-0.05, 0) is 16.5 Å². The lowest BCUT2D eigenvalue weighted by atomic mass is 9.87. The third kappa shape index (κ3) is 5.30. The predicted molar refractivity (Wildman–Crippen MR) is 76.2 cm³/mol. The van der Waals surface area contributed by atoms with E-state index in [-0.39, 0.29) is 11.3 Å². The molecule has 5 heteroatoms. The third-order valence-electron chi connectivity index (χ3n) is 2.65. The number of hydrogen-bond donors (Lipinski definition) is 2. The summed E-state index contributed by atoms with van der Waals surface area (Å²) in [5, 5.41) is 4.71. The van der Waals surface area contributed by atoms with Crippen molar-refractivity contribution in [1.82, 2.24) is 10.6 Å². The molecular formula is C14H19ClN2O2. The zero-order chi connectivity index (χ0) is 14.5. The standard InChI is InChI=1S/C14H19ClN2O2/c1-14(2,3)11-6-4-10(5-7-11)9-16-13(19)17-12(18)8-15/h4-7H,8-9H2,1-3H3,(H2,16,17,18,19). The van der Waals surface area contributed by atoms with Crippen molar-refractivity contribution < 1.29 is 9.59 Å². The number of nitrogens with one attached hydrogen (secondary N) is 2. The molecule has 4 nitrogen and oxygen atoms in total. The molecule has 0 saturated carbocycles. The van der Waals surface area contributed by atoms with Gasteiger partial charge in [0, 0.05) is 6.54 Å². The summed E-state index contributed by atoms with van der Waals surface area (Å²) in [7, 11) is 0. The molecular weight excluding hydrogens is 264 g/mol. The number of alkyl halides is 1. The van der Waals surface area contributed by atoms with Gasteiger partial charge in [-0.25, -0.2) is 4.79 Å². The van der Waals surface area contributed by atoms with Crippen LogP contribution in [-0.2, 0) is 16.8 Å². The summed E-state index contributed by atoms with van der Waals surface area (Å²) in [6.45, 7) is 6.80. The van der Waals surface area contributed by atoms with E-state index in [0.717, 1.165) is 5.56 Å². The van der Waals surface area contributed by atoms with E-state index in [9.17, 15) is 9.59 Å². The summed E-state index contributed by atoms with van der Waals surface area (Å²) in [6.07, 6.45) is 0. The fourth-order valence-corrected chi connectivity index (χ4v) is 1.58. The first-order chi connectivity index (χ1) is 8.82. The molecule has 0 saturated heterocycles. The molecule has 0 radical (unpaired) electrons. The average Bonchev–Trinajstić information content (AvgIpc) is 2.35. The van der Waals surface area contributed by atoms with Gasteiger partial charge in [0.1, 0.15) is 5.88 Å². The Morgan fingerprint density at radius 1 is 1.16 bits per heavy atom. The van der Waals surface area contributed by atoms with Crippen LogP contribution in [0.3, 0.4) is 0 Å². The second-order valence-corrected chi connectivity index (χ2v) is 5.58. The molecule has 1 aromatic rings. The number of halogens is 1. The first-order valence-corrected chi connectivity index (χ1v) is 6.59. The summed E-state index contributed by atoms with van der Waals surface area (Å²) < 4.78 is 0. The lowest BCUT2D eigenvalue weighted by Gasteiger charge is -2.19. The molecule has 0 bridgehead atoms. The van der Waals surface area contributed by atoms with Crippen molar-refractivity contribution in [2.75, 3.05) is 5.88 Å². The Kier molecular flexibility index (Phi) is 5.36. The minimum absolute atomic E-state index is 0.107. The second-order valence-electron chi connectivity index (χ2n) is 5.31. The van der Waals surface area contributed by atoms with Crippen molar-refractivity contribution in [3.63, 3.8) is 0 Å². The normalized spacial score (nSPS) is 10.9. The highest BCUT2D eigenvalue weighted by atomic mass is 35.5. The molecule has 1 rings (SSSR count). The van der Waals surface area contributed by atoms with Crippen LogP contribution in [0, 0.1) is 0 Å². The summed E-state index contributed by atoms with van der Waals surface area (Å²) in [4.78, 5) is 22.2. The minimum atomic E-state index is -0.537. The van der Waals surface area contributed by atoms with E-state index in [1.165, 1.54) is 5.56 Å². The minimum Gasteiger partial charge on any atom is -0.334 e. The van der Waals surface area contributed by atoms with Crippen LogP contribution < -0.4 is 10.6 Å². The molecule has 0 unspecified atom stereocenters. The molecule has 0 aromatic heterocycles. The molecule has 0 heterocycles. The van der Waals surface area contributed by atoms with Gasteiger partial charge in [0.2, 0.25) is 5.91 Å². The number of carbonyl (C=O) groups is 2. The lowest BCUT2D eigenvalue weighted by Crippen LogP contribution is -2.39. The highest BCUT2D eigenvalue weighted by Crippen LogP contribution is 2.22. The average molecular weight is 283 g/mol. The van der Waals surface area contributed by atoms with Crippen molar-refractivity contribution in [1.29, 1.82) is 0 Å². The first kappa shape index (κ1) is 15.5. The highest BCUT2D eigenvalue weighted by Gasteiger charge is 2.13. The molecule has 3 amide bonds. The van der Waals surface area contributed by atoms with E-state index >= 15 is 0 Å². The van der Waals surface area contributed by atoms with Gasteiger partial charge in [0.25, 0.3) is 0 Å². The molecule has 0 fully saturated rings. The molecule has 104 valence electrons. The smallest absolute Gasteiger partial charge is 0.321 e. The number of rotatable bonds is 3. The Balaban J connectivity index is 2.51. The maximum atomic E-state index is 11.3. The van der Waals surface area contributed by atoms with Crippen molar-refractivity contribution >= 4 is 23.5 Å². The van der Waals surface area contributed by atoms with Crippen molar-refractivity contribution in [3.8, 4) is 0 Å². The van der Waals surface area contributed by atoms with Crippen LogP contribution in [0.4, 0.5) is 4.79 Å². The van der Waals surface area contributed by atoms with Crippen molar-refractivity contribution in [2.45, 2.75) is 32.7 Å². The van der Waals surface area contributed by atoms with Crippen molar-refractivity contribution in [3.05, 3.63) is 35.4 Å². The van der Waals surface area contributed by atoms with Crippen LogP contribution >= 0.6 is 11.6 Å². The van der Waals surface area contributed by atoms with E-state index in [4.69, 9.17) is 11.6 Å². The predicted octanol–water partition coefficient (Wildman–Crippen LogP) is 2.55. The SMILES string of the molecule is CC(C)(C)c1ccc(CNC(=O)NC(=O)CCl)cc1. The lowest BCUT2D eigenvalue weighted by molar-refractivity contribution is -0.117. The van der Waals surface area contributed by atoms with Gasteiger partial charge in [-0.3, -0.25) is 10.1 Å². The van der Waals surface area contributed by atoms with E-state index in [2.05, 4.69) is 31.4 Å². The van der Waals surface area contributed by atoms with Crippen LogP contribution in [0.1, 0.15) is 31.9 Å². The number of amides is 3. The number of imide groups is 1. The molecule has 0 atom stereocenters. The molecule has 0 aliphatic rings. The molecule has 2 N–H and O–H groups in total. The van der Waals surface area contributed by atoms with Crippen LogP contribution in [0.25, 0.3) is 0 Å². The quantitative estimate of drug-likeness (QED) is 0.837. The van der Waals surface area contributed by atoms with E-state index in [1.54, 1.807) is 0 Å². The van der Waals surface area contributed by atoms with E-state index in [0.29, 0.717) is 6.54 Å². The molecule has 0 spiro atoms. The first-order valence-electron chi connectivity index (χ1n) is 6.06. The van der Waals surface area contributed by atoms with E-state index in [1.807, 2.05) is 24.3 Å². The number of urea groups is 1. The zero-order valence-corrected chi connectivity index (χ0v) is 12.2. The van der Waals surface area contributed by atoms with Gasteiger partial charge < -0.3 is 5.32 Å². The Labute approximate surface area is 118 Å². The third-order valence-corrected chi connectivity index (χ3v) is 2.89. The van der Waals surface area contributed by atoms with Crippen LogP contribution in [0.15, 0.2) is 24.3 Å². The van der Waals surface area contributed by atoms with E-state index < -0.39 is 11.9 Å². The number of benzene rings is 1. The molecule has 1 aromatic carbocycles. The summed E-state index contributed by atoms with van der Waals surface area (Å²) >= 11 is 5.28. The Bertz CT molecular complexity index is 450. The van der Waals surface area contributed by atoms with Crippen molar-refractivity contribution in [2.24, 2.45) is 0 Å². The van der Waals surface area contributed by atoms with Crippen LogP contribution in [-0.4, -0.2) is 17.8 Å². The topological polar surface area (TPSA) is 58.2 Å². The largest absolute Gasteiger partial charge is 0.334 e. The maximum Gasteiger partial charge on any atom is 0.321 e. The molecule has 19 heavy (non-hydrogen) atoms. The molecule has 0 aliphatic carbocycles. The molecule has 0 aliphatic heterocycles. The second kappa shape index (κ2) is 6.57. The van der Waals surface area contributed by atoms with Gasteiger partial charge in [0.15, 0.2) is 0 Å². The monoisotopic (exact) mass is 282 g/mol. The Morgan fingerprint density at radius 3 is 2.21 bits per heavy atom. The zero-order valence-electron chi connectivity index (χ0n) is 11.4. The van der Waals surface area contributed by atoms with Crippen LogP contribution in [0.2, 0.25) is 0 Å². The summed E-state index contributed by atoms with van der Waals surface area (Å²) in [5.74, 6) is -0.740. The summed E-state index contributed by atoms with van der Waals surface area (Å²) in [5.41, 5.74) is 2.32. The maximum absolute atomic E-state index is 11.3. The summed E-state index contributed by atoms with van der Waals surface area (Å²) in [6, 6.07) is 7.47. The van der Waals surface area contributed by atoms with Gasteiger partial charge in [-0.15, -0.1) is 11.6 Å². The fourth-order valence-electron chi connectivity index (χ4n) is 1.51. The Hall–Kier alpha value is -1.55.